The van der Waals surface area contributed by atoms with Gasteiger partial charge in [0.1, 0.15) is 0 Å². The summed E-state index contributed by atoms with van der Waals surface area (Å²) in [4.78, 5) is 19.7. The van der Waals surface area contributed by atoms with Gasteiger partial charge in [0.05, 0.1) is 51.8 Å². The lowest BCUT2D eigenvalue weighted by Crippen LogP contribution is -2.25. The number of carbonyl (C=O) groups is 1. The molecule has 9 heteroatoms. The molecule has 4 rings (SSSR count). The van der Waals surface area contributed by atoms with Crippen molar-refractivity contribution in [3.05, 3.63) is 58.9 Å². The molecule has 0 saturated carbocycles. The quantitative estimate of drug-likeness (QED) is 0.511. The van der Waals surface area contributed by atoms with Crippen LogP contribution < -0.4 is 15.5 Å². The SMILES string of the molecule is CC(C)NCc1cnnn1-c1cccc(C2=Nc3cc(N(C)C(C)C)c(Cl)cc3NC(=O)C2)c1. The minimum atomic E-state index is -0.133. The van der Waals surface area contributed by atoms with Crippen molar-refractivity contribution in [2.45, 2.75) is 52.7 Å². The van der Waals surface area contributed by atoms with Gasteiger partial charge in [0.25, 0.3) is 0 Å². The van der Waals surface area contributed by atoms with Crippen LogP contribution in [-0.4, -0.2) is 45.7 Å². The van der Waals surface area contributed by atoms with E-state index in [1.807, 2.05) is 37.4 Å². The summed E-state index contributed by atoms with van der Waals surface area (Å²) in [5.74, 6) is -0.133. The van der Waals surface area contributed by atoms with Crippen molar-refractivity contribution in [3.8, 4) is 5.69 Å². The molecule has 178 valence electrons. The zero-order valence-corrected chi connectivity index (χ0v) is 20.9. The summed E-state index contributed by atoms with van der Waals surface area (Å²) >= 11 is 6.53. The zero-order valence-electron chi connectivity index (χ0n) is 20.1. The smallest absolute Gasteiger partial charge is 0.230 e. The van der Waals surface area contributed by atoms with Crippen molar-refractivity contribution in [1.82, 2.24) is 20.3 Å². The lowest BCUT2D eigenvalue weighted by atomic mass is 10.1. The summed E-state index contributed by atoms with van der Waals surface area (Å²) in [6.45, 7) is 9.04. The first kappa shape index (κ1) is 23.9. The van der Waals surface area contributed by atoms with Crippen LogP contribution in [0.2, 0.25) is 5.02 Å². The Hall–Kier alpha value is -3.23. The van der Waals surface area contributed by atoms with Crippen molar-refractivity contribution in [2.24, 2.45) is 4.99 Å². The number of amides is 1. The highest BCUT2D eigenvalue weighted by Crippen LogP contribution is 2.39. The van der Waals surface area contributed by atoms with Gasteiger partial charge in [0.2, 0.25) is 5.91 Å². The molecule has 2 N–H and O–H groups in total. The molecule has 0 radical (unpaired) electrons. The Morgan fingerprint density at radius 3 is 2.74 bits per heavy atom. The molecule has 1 aromatic heterocycles. The number of nitrogens with zero attached hydrogens (tertiary/aromatic N) is 5. The summed E-state index contributed by atoms with van der Waals surface area (Å²) < 4.78 is 1.81. The van der Waals surface area contributed by atoms with E-state index < -0.39 is 0 Å². The first-order chi connectivity index (χ1) is 16.2. The average molecular weight is 480 g/mol. The van der Waals surface area contributed by atoms with Crippen molar-refractivity contribution >= 4 is 40.3 Å². The number of carbonyl (C=O) groups excluding carboxylic acids is 1. The second-order valence-electron chi connectivity index (χ2n) is 9.03. The second kappa shape index (κ2) is 9.95. The van der Waals surface area contributed by atoms with Gasteiger partial charge in [0.15, 0.2) is 0 Å². The van der Waals surface area contributed by atoms with Crippen LogP contribution in [0.4, 0.5) is 17.1 Å². The van der Waals surface area contributed by atoms with E-state index in [0.29, 0.717) is 34.7 Å². The van der Waals surface area contributed by atoms with Gasteiger partial charge in [-0.05, 0) is 43.7 Å². The van der Waals surface area contributed by atoms with Crippen LogP contribution in [-0.2, 0) is 11.3 Å². The monoisotopic (exact) mass is 479 g/mol. The maximum Gasteiger partial charge on any atom is 0.230 e. The molecule has 1 aliphatic heterocycles. The Kier molecular flexibility index (Phi) is 7.00. The normalized spacial score (nSPS) is 13.5. The van der Waals surface area contributed by atoms with Crippen molar-refractivity contribution in [3.63, 3.8) is 0 Å². The maximum absolute atomic E-state index is 12.7. The van der Waals surface area contributed by atoms with Crippen LogP contribution in [0.25, 0.3) is 5.69 Å². The van der Waals surface area contributed by atoms with Crippen molar-refractivity contribution < 1.29 is 4.79 Å². The molecule has 34 heavy (non-hydrogen) atoms. The average Bonchev–Trinajstić information content (AvgIpc) is 3.20. The van der Waals surface area contributed by atoms with E-state index in [1.165, 1.54) is 0 Å². The number of benzene rings is 2. The predicted molar refractivity (Wildman–Crippen MR) is 138 cm³/mol. The third-order valence-corrected chi connectivity index (χ3v) is 6.12. The third kappa shape index (κ3) is 5.13. The van der Waals surface area contributed by atoms with Crippen LogP contribution in [0.1, 0.15) is 45.4 Å². The van der Waals surface area contributed by atoms with Gasteiger partial charge in [-0.1, -0.05) is 42.8 Å². The molecule has 0 spiro atoms. The summed E-state index contributed by atoms with van der Waals surface area (Å²) in [5.41, 5.74) is 5.51. The minimum absolute atomic E-state index is 0.133. The topological polar surface area (TPSA) is 87.4 Å². The zero-order chi connectivity index (χ0) is 24.4. The van der Waals surface area contributed by atoms with Crippen molar-refractivity contribution in [2.75, 3.05) is 17.3 Å². The maximum atomic E-state index is 12.7. The van der Waals surface area contributed by atoms with E-state index in [4.69, 9.17) is 16.6 Å². The highest BCUT2D eigenvalue weighted by Gasteiger charge is 2.21. The van der Waals surface area contributed by atoms with Gasteiger partial charge in [-0.3, -0.25) is 9.79 Å². The van der Waals surface area contributed by atoms with Crippen LogP contribution >= 0.6 is 11.6 Å². The van der Waals surface area contributed by atoms with Crippen molar-refractivity contribution in [1.29, 1.82) is 0 Å². The van der Waals surface area contributed by atoms with Gasteiger partial charge in [-0.25, -0.2) is 4.68 Å². The summed E-state index contributed by atoms with van der Waals surface area (Å²) in [7, 11) is 1.99. The lowest BCUT2D eigenvalue weighted by molar-refractivity contribution is -0.115. The van der Waals surface area contributed by atoms with Crippen LogP contribution in [0.3, 0.4) is 0 Å². The van der Waals surface area contributed by atoms with E-state index in [0.717, 1.165) is 22.6 Å². The number of anilines is 2. The van der Waals surface area contributed by atoms with E-state index >= 15 is 0 Å². The van der Waals surface area contributed by atoms with E-state index in [-0.39, 0.29) is 18.4 Å². The molecule has 2 heterocycles. The Morgan fingerprint density at radius 2 is 2.00 bits per heavy atom. The van der Waals surface area contributed by atoms with Gasteiger partial charge in [-0.2, -0.15) is 0 Å². The molecule has 0 atom stereocenters. The summed E-state index contributed by atoms with van der Waals surface area (Å²) in [6, 6.07) is 12.2. The molecule has 0 fully saturated rings. The first-order valence-corrected chi connectivity index (χ1v) is 11.8. The predicted octanol–water partition coefficient (Wildman–Crippen LogP) is 4.73. The molecular weight excluding hydrogens is 450 g/mol. The Labute approximate surface area is 205 Å². The molecule has 0 bridgehead atoms. The molecule has 3 aromatic rings. The van der Waals surface area contributed by atoms with Crippen LogP contribution in [0.5, 0.6) is 0 Å². The highest BCUT2D eigenvalue weighted by molar-refractivity contribution is 6.34. The minimum Gasteiger partial charge on any atom is -0.371 e. The standard InChI is InChI=1S/C25H30ClN7O/c1-15(2)27-13-19-14-28-31-33(19)18-8-6-7-17(9-18)21-12-25(34)30-22-10-20(26)24(11-23(22)29-21)32(5)16(3)4/h6-11,14-16,27H,12-13H2,1-5H3,(H,30,34). The number of aromatic nitrogens is 3. The number of halogens is 1. The van der Waals surface area contributed by atoms with Gasteiger partial charge < -0.3 is 15.5 Å². The number of nitrogens with one attached hydrogen (secondary N) is 2. The van der Waals surface area contributed by atoms with Gasteiger partial charge in [-0.15, -0.1) is 5.10 Å². The number of fused-ring (bicyclic) bond motifs is 1. The summed E-state index contributed by atoms with van der Waals surface area (Å²) in [5, 5.41) is 15.3. The summed E-state index contributed by atoms with van der Waals surface area (Å²) in [6.07, 6.45) is 1.91. The number of aliphatic imine (C=N–C) groups is 1. The molecule has 1 aliphatic rings. The molecule has 0 unspecified atom stereocenters. The molecule has 8 nitrogen and oxygen atoms in total. The van der Waals surface area contributed by atoms with Gasteiger partial charge >= 0.3 is 0 Å². The molecule has 1 amide bonds. The van der Waals surface area contributed by atoms with Gasteiger partial charge in [0, 0.05) is 25.7 Å². The largest absolute Gasteiger partial charge is 0.371 e. The number of hydrogen-bond acceptors (Lipinski definition) is 6. The lowest BCUT2D eigenvalue weighted by Gasteiger charge is -2.25. The fourth-order valence-corrected chi connectivity index (χ4v) is 4.01. The highest BCUT2D eigenvalue weighted by atomic mass is 35.5. The second-order valence-corrected chi connectivity index (χ2v) is 9.44. The molecule has 2 aromatic carbocycles. The Balaban J connectivity index is 1.73. The Bertz CT molecular complexity index is 1230. The van der Waals surface area contributed by atoms with Crippen LogP contribution in [0, 0.1) is 0 Å². The fraction of sp³-hybridized carbons (Fsp3) is 0.360. The third-order valence-electron chi connectivity index (χ3n) is 5.81. The fourth-order valence-electron chi connectivity index (χ4n) is 3.71. The molecular formula is C25H30ClN7O. The van der Waals surface area contributed by atoms with E-state index in [2.05, 4.69) is 53.5 Å². The van der Waals surface area contributed by atoms with E-state index in [1.54, 1.807) is 16.9 Å². The molecule has 0 aliphatic carbocycles. The molecule has 0 saturated heterocycles. The van der Waals surface area contributed by atoms with E-state index in [9.17, 15) is 4.79 Å². The number of hydrogen-bond donors (Lipinski definition) is 2. The Morgan fingerprint density at radius 1 is 1.21 bits per heavy atom. The number of rotatable bonds is 7. The van der Waals surface area contributed by atoms with Crippen LogP contribution in [0.15, 0.2) is 47.6 Å². The first-order valence-electron chi connectivity index (χ1n) is 11.4.